The number of piperazine rings is 1. The van der Waals surface area contributed by atoms with Crippen molar-refractivity contribution in [3.8, 4) is 17.1 Å². The topological polar surface area (TPSA) is 113 Å². The van der Waals surface area contributed by atoms with E-state index in [1.165, 1.54) is 23.6 Å². The molecule has 0 amide bonds. The summed E-state index contributed by atoms with van der Waals surface area (Å²) in [5, 5.41) is 4.86. The maximum absolute atomic E-state index is 13.6. The number of hydrogen-bond acceptors (Lipinski definition) is 7. The highest BCUT2D eigenvalue weighted by Gasteiger charge is 2.29. The summed E-state index contributed by atoms with van der Waals surface area (Å²) in [4.78, 5) is 23.3. The zero-order valence-electron chi connectivity index (χ0n) is 24.6. The van der Waals surface area contributed by atoms with Crippen LogP contribution in [0.5, 0.6) is 5.75 Å². The lowest BCUT2D eigenvalue weighted by Gasteiger charge is -2.31. The first-order valence-electron chi connectivity index (χ1n) is 14.7. The molecule has 0 bridgehead atoms. The third kappa shape index (κ3) is 6.42. The molecule has 4 rings (SSSR count). The second kappa shape index (κ2) is 13.3. The Balaban J connectivity index is 1.80. The number of benzene rings is 1. The molecule has 1 aliphatic rings. The van der Waals surface area contributed by atoms with Gasteiger partial charge in [-0.25, -0.2) is 17.9 Å². The summed E-state index contributed by atoms with van der Waals surface area (Å²) >= 11 is 0. The van der Waals surface area contributed by atoms with Gasteiger partial charge in [-0.1, -0.05) is 46.5 Å². The minimum Gasteiger partial charge on any atom is -0.493 e. The first kappa shape index (κ1) is 30.2. The largest absolute Gasteiger partial charge is 0.493 e. The van der Waals surface area contributed by atoms with Crippen LogP contribution in [-0.4, -0.2) is 77.0 Å². The van der Waals surface area contributed by atoms with Gasteiger partial charge >= 0.3 is 0 Å². The van der Waals surface area contributed by atoms with Crippen LogP contribution in [-0.2, 0) is 10.0 Å². The van der Waals surface area contributed by atoms with Crippen LogP contribution in [0.3, 0.4) is 0 Å². The van der Waals surface area contributed by atoms with E-state index in [4.69, 9.17) is 14.8 Å². The minimum atomic E-state index is -3.73. The first-order chi connectivity index (χ1) is 19.2. The smallest absolute Gasteiger partial charge is 0.277 e. The lowest BCUT2D eigenvalue weighted by atomic mass is 9.97. The average molecular weight is 573 g/mol. The Morgan fingerprint density at radius 1 is 1.05 bits per heavy atom. The maximum atomic E-state index is 13.6. The summed E-state index contributed by atoms with van der Waals surface area (Å²) in [6.07, 6.45) is 7.28. The van der Waals surface area contributed by atoms with Gasteiger partial charge in [-0.3, -0.25) is 4.79 Å². The van der Waals surface area contributed by atoms with E-state index in [1.54, 1.807) is 22.7 Å². The number of aromatic amines is 1. The monoisotopic (exact) mass is 572 g/mol. The van der Waals surface area contributed by atoms with Crippen molar-refractivity contribution in [2.75, 3.05) is 39.8 Å². The van der Waals surface area contributed by atoms with E-state index in [0.717, 1.165) is 31.5 Å². The normalized spacial score (nSPS) is 16.0. The van der Waals surface area contributed by atoms with Crippen molar-refractivity contribution >= 4 is 15.5 Å². The zero-order valence-corrected chi connectivity index (χ0v) is 25.4. The number of nitrogens with zero attached hydrogens (tertiary/aromatic N) is 5. The molecule has 3 aromatic rings. The fraction of sp³-hybridized carbons (Fsp3) is 0.621. The van der Waals surface area contributed by atoms with Gasteiger partial charge in [-0.2, -0.15) is 4.31 Å². The van der Waals surface area contributed by atoms with Crippen molar-refractivity contribution in [1.82, 2.24) is 28.8 Å². The summed E-state index contributed by atoms with van der Waals surface area (Å²) in [6, 6.07) is 4.82. The number of nitrogens with one attached hydrogen (secondary N) is 1. The van der Waals surface area contributed by atoms with E-state index in [-0.39, 0.29) is 22.2 Å². The molecule has 1 aromatic carbocycles. The van der Waals surface area contributed by atoms with Crippen molar-refractivity contribution in [2.45, 2.75) is 83.5 Å². The highest BCUT2D eigenvalue weighted by Crippen LogP contribution is 2.33. The molecule has 0 aliphatic carbocycles. The van der Waals surface area contributed by atoms with Gasteiger partial charge in [0.15, 0.2) is 11.3 Å². The Labute approximate surface area is 237 Å². The van der Waals surface area contributed by atoms with Crippen LogP contribution in [0.1, 0.15) is 83.2 Å². The molecule has 220 valence electrons. The van der Waals surface area contributed by atoms with Gasteiger partial charge in [-0.05, 0) is 51.4 Å². The SMILES string of the molecule is CCCCCCC(CC)c1nc(C)c2c(=O)[nH]c(-c3cc(S(=O)(=O)N4CCN(C)CC4)ccc3OCCC)nn12. The van der Waals surface area contributed by atoms with Crippen molar-refractivity contribution < 1.29 is 13.2 Å². The average Bonchev–Trinajstić information content (AvgIpc) is 3.28. The Morgan fingerprint density at radius 2 is 1.80 bits per heavy atom. The predicted octanol–water partition coefficient (Wildman–Crippen LogP) is 4.58. The Bertz CT molecular complexity index is 1460. The maximum Gasteiger partial charge on any atom is 0.277 e. The van der Waals surface area contributed by atoms with Gasteiger partial charge in [0.25, 0.3) is 5.56 Å². The van der Waals surface area contributed by atoms with E-state index in [2.05, 4.69) is 23.7 Å². The summed E-state index contributed by atoms with van der Waals surface area (Å²) in [5.41, 5.74) is 1.19. The van der Waals surface area contributed by atoms with Crippen LogP contribution >= 0.6 is 0 Å². The van der Waals surface area contributed by atoms with Crippen molar-refractivity contribution in [3.63, 3.8) is 0 Å². The van der Waals surface area contributed by atoms with Crippen molar-refractivity contribution in [1.29, 1.82) is 0 Å². The Kier molecular flexibility index (Phi) is 10.0. The third-order valence-corrected chi connectivity index (χ3v) is 9.63. The molecule has 11 heteroatoms. The molecule has 1 saturated heterocycles. The van der Waals surface area contributed by atoms with Gasteiger partial charge in [0.1, 0.15) is 11.6 Å². The van der Waals surface area contributed by atoms with Gasteiger partial charge in [-0.15, -0.1) is 5.10 Å². The van der Waals surface area contributed by atoms with Crippen LogP contribution < -0.4 is 10.3 Å². The van der Waals surface area contributed by atoms with Crippen LogP contribution in [0.2, 0.25) is 0 Å². The lowest BCUT2D eigenvalue weighted by Crippen LogP contribution is -2.47. The number of aromatic nitrogens is 4. The van der Waals surface area contributed by atoms with E-state index in [9.17, 15) is 13.2 Å². The number of hydrogen-bond donors (Lipinski definition) is 1. The van der Waals surface area contributed by atoms with Crippen LogP contribution in [0, 0.1) is 6.92 Å². The second-order valence-corrected chi connectivity index (χ2v) is 12.7. The molecule has 3 heterocycles. The summed E-state index contributed by atoms with van der Waals surface area (Å²) in [5.74, 6) is 1.68. The van der Waals surface area contributed by atoms with Gasteiger partial charge < -0.3 is 14.6 Å². The van der Waals surface area contributed by atoms with Crippen LogP contribution in [0.15, 0.2) is 27.9 Å². The molecule has 1 fully saturated rings. The molecule has 0 spiro atoms. The molecule has 40 heavy (non-hydrogen) atoms. The van der Waals surface area contributed by atoms with E-state index < -0.39 is 10.0 Å². The standard InChI is InChI=1S/C29H44N6O4S/c1-6-9-10-11-12-22(8-3)28-30-21(4)26-29(36)31-27(32-35(26)28)24-20-23(13-14-25(24)39-19-7-2)40(37,38)34-17-15-33(5)16-18-34/h13-14,20,22H,6-12,15-19H2,1-5H3,(H,31,32,36). The molecule has 1 unspecified atom stereocenters. The zero-order chi connectivity index (χ0) is 28.9. The fourth-order valence-corrected chi connectivity index (χ4v) is 6.73. The number of H-pyrrole nitrogens is 1. The second-order valence-electron chi connectivity index (χ2n) is 10.8. The Morgan fingerprint density at radius 3 is 2.48 bits per heavy atom. The Hall–Kier alpha value is -2.76. The fourth-order valence-electron chi connectivity index (χ4n) is 5.28. The number of imidazole rings is 1. The molecule has 0 radical (unpaired) electrons. The first-order valence-corrected chi connectivity index (χ1v) is 16.1. The molecular weight excluding hydrogens is 528 g/mol. The number of aryl methyl sites for hydroxylation is 1. The molecule has 10 nitrogen and oxygen atoms in total. The lowest BCUT2D eigenvalue weighted by molar-refractivity contribution is 0.222. The molecular formula is C29H44N6O4S. The summed E-state index contributed by atoms with van der Waals surface area (Å²) in [7, 11) is -1.74. The third-order valence-electron chi connectivity index (χ3n) is 7.73. The van der Waals surface area contributed by atoms with Gasteiger partial charge in [0, 0.05) is 32.1 Å². The molecule has 0 saturated carbocycles. The number of ether oxygens (including phenoxy) is 1. The number of rotatable bonds is 13. The van der Waals surface area contributed by atoms with E-state index in [0.29, 0.717) is 55.3 Å². The molecule has 1 atom stereocenters. The van der Waals surface area contributed by atoms with Gasteiger partial charge in [0.2, 0.25) is 10.0 Å². The van der Waals surface area contributed by atoms with Crippen LogP contribution in [0.25, 0.3) is 16.9 Å². The summed E-state index contributed by atoms with van der Waals surface area (Å²) < 4.78 is 36.3. The van der Waals surface area contributed by atoms with E-state index >= 15 is 0 Å². The van der Waals surface area contributed by atoms with Crippen LogP contribution in [0.4, 0.5) is 0 Å². The van der Waals surface area contributed by atoms with E-state index in [1.807, 2.05) is 20.9 Å². The number of unbranched alkanes of at least 4 members (excludes halogenated alkanes) is 3. The molecule has 2 aromatic heterocycles. The summed E-state index contributed by atoms with van der Waals surface area (Å²) in [6.45, 7) is 10.8. The number of fused-ring (bicyclic) bond motifs is 1. The number of likely N-dealkylation sites (N-methyl/N-ethyl adjacent to an activating group) is 1. The predicted molar refractivity (Wildman–Crippen MR) is 158 cm³/mol. The minimum absolute atomic E-state index is 0.156. The van der Waals surface area contributed by atoms with Crippen molar-refractivity contribution in [3.05, 3.63) is 40.1 Å². The quantitative estimate of drug-likeness (QED) is 0.298. The molecule has 1 aliphatic heterocycles. The van der Waals surface area contributed by atoms with Gasteiger partial charge in [0.05, 0.1) is 22.8 Å². The highest BCUT2D eigenvalue weighted by molar-refractivity contribution is 7.89. The number of sulfonamides is 1. The highest BCUT2D eigenvalue weighted by atomic mass is 32.2. The van der Waals surface area contributed by atoms with Crippen molar-refractivity contribution in [2.24, 2.45) is 0 Å². The molecule has 1 N–H and O–H groups in total.